The summed E-state index contributed by atoms with van der Waals surface area (Å²) in [4.78, 5) is 12.6. The molecule has 1 heterocycles. The molecule has 1 saturated heterocycles. The molecule has 2 aromatic rings. The molecule has 0 aliphatic carbocycles. The number of halogens is 1. The van der Waals surface area contributed by atoms with E-state index in [4.69, 9.17) is 11.6 Å². The average molecular weight is 409 g/mol. The van der Waals surface area contributed by atoms with Gasteiger partial charge in [-0.3, -0.25) is 4.79 Å². The van der Waals surface area contributed by atoms with Crippen LogP contribution in [0.4, 0.5) is 5.69 Å². The van der Waals surface area contributed by atoms with E-state index in [-0.39, 0.29) is 27.9 Å². The number of hydrogen-bond acceptors (Lipinski definition) is 4. The summed E-state index contributed by atoms with van der Waals surface area (Å²) >= 11 is 5.88. The third kappa shape index (κ3) is 4.26. The Kier molecular flexibility index (Phi) is 5.74. The van der Waals surface area contributed by atoms with E-state index in [1.165, 1.54) is 46.8 Å². The number of sulfonamides is 1. The number of rotatable bonds is 4. The first-order valence-electron chi connectivity index (χ1n) is 8.71. The highest BCUT2D eigenvalue weighted by atomic mass is 35.5. The lowest BCUT2D eigenvalue weighted by molar-refractivity contribution is 0.102. The summed E-state index contributed by atoms with van der Waals surface area (Å²) in [5, 5.41) is 12.8. The number of nitrogens with one attached hydrogen (secondary N) is 1. The van der Waals surface area contributed by atoms with Crippen molar-refractivity contribution in [3.63, 3.8) is 0 Å². The second-order valence-electron chi connectivity index (χ2n) is 6.60. The maximum absolute atomic E-state index is 13.0. The zero-order valence-electron chi connectivity index (χ0n) is 14.9. The van der Waals surface area contributed by atoms with Crippen LogP contribution in [0.3, 0.4) is 0 Å². The molecule has 2 aromatic carbocycles. The number of carbonyl (C=O) groups excluding carboxylic acids is 1. The SMILES string of the molecule is C[C@H]1CCCCN1S(=O)(=O)c1cccc(C(=O)Nc2cc(Cl)ccc2O)c1. The monoisotopic (exact) mass is 408 g/mol. The summed E-state index contributed by atoms with van der Waals surface area (Å²) in [6, 6.07) is 10.1. The molecule has 0 bridgehead atoms. The van der Waals surface area contributed by atoms with Crippen LogP contribution in [0.2, 0.25) is 5.02 Å². The lowest BCUT2D eigenvalue weighted by Gasteiger charge is -2.32. The number of carbonyl (C=O) groups is 1. The number of aromatic hydroxyl groups is 1. The molecule has 0 radical (unpaired) electrons. The van der Waals surface area contributed by atoms with Crippen LogP contribution in [0.5, 0.6) is 5.75 Å². The lowest BCUT2D eigenvalue weighted by Crippen LogP contribution is -2.41. The molecule has 0 unspecified atom stereocenters. The van der Waals surface area contributed by atoms with Crippen LogP contribution in [0.15, 0.2) is 47.4 Å². The summed E-state index contributed by atoms with van der Waals surface area (Å²) in [6.07, 6.45) is 2.67. The highest BCUT2D eigenvalue weighted by molar-refractivity contribution is 7.89. The zero-order valence-corrected chi connectivity index (χ0v) is 16.4. The Morgan fingerprint density at radius 2 is 2.00 bits per heavy atom. The first-order valence-corrected chi connectivity index (χ1v) is 10.5. The van der Waals surface area contributed by atoms with Gasteiger partial charge in [0.05, 0.1) is 10.6 Å². The van der Waals surface area contributed by atoms with Gasteiger partial charge in [-0.1, -0.05) is 24.1 Å². The maximum atomic E-state index is 13.0. The number of amides is 1. The van der Waals surface area contributed by atoms with Crippen LogP contribution in [0.1, 0.15) is 36.5 Å². The van der Waals surface area contributed by atoms with Crippen LogP contribution >= 0.6 is 11.6 Å². The molecule has 1 amide bonds. The number of benzene rings is 2. The van der Waals surface area contributed by atoms with Gasteiger partial charge in [0, 0.05) is 23.2 Å². The van der Waals surface area contributed by atoms with E-state index in [2.05, 4.69) is 5.32 Å². The van der Waals surface area contributed by atoms with Gasteiger partial charge in [-0.15, -0.1) is 0 Å². The Morgan fingerprint density at radius 1 is 1.22 bits per heavy atom. The van der Waals surface area contributed by atoms with Gasteiger partial charge in [0.25, 0.3) is 5.91 Å². The van der Waals surface area contributed by atoms with Gasteiger partial charge in [-0.25, -0.2) is 8.42 Å². The summed E-state index contributed by atoms with van der Waals surface area (Å²) < 4.78 is 27.4. The van der Waals surface area contributed by atoms with E-state index in [0.717, 1.165) is 19.3 Å². The van der Waals surface area contributed by atoms with Gasteiger partial charge in [-0.05, 0) is 56.2 Å². The Labute approximate surface area is 163 Å². The molecule has 27 heavy (non-hydrogen) atoms. The Hall–Kier alpha value is -2.09. The number of anilines is 1. The standard InChI is InChI=1S/C19H21ClN2O4S/c1-13-5-2-3-10-22(13)27(25,26)16-7-4-6-14(11-16)19(24)21-17-12-15(20)8-9-18(17)23/h4,6-9,11-13,23H,2-3,5,10H2,1H3,(H,21,24)/t13-/m0/s1. The van der Waals surface area contributed by atoms with Gasteiger partial charge < -0.3 is 10.4 Å². The molecule has 1 atom stereocenters. The molecule has 6 nitrogen and oxygen atoms in total. The minimum absolute atomic E-state index is 0.0651. The summed E-state index contributed by atoms with van der Waals surface area (Å²) in [7, 11) is -3.67. The average Bonchev–Trinajstić information content (AvgIpc) is 2.65. The molecule has 0 saturated carbocycles. The van der Waals surface area contributed by atoms with E-state index in [1.54, 1.807) is 0 Å². The maximum Gasteiger partial charge on any atom is 0.255 e. The fourth-order valence-corrected chi connectivity index (χ4v) is 5.08. The third-order valence-corrected chi connectivity index (χ3v) is 6.90. The predicted octanol–water partition coefficient (Wildman–Crippen LogP) is 3.86. The molecule has 144 valence electrons. The van der Waals surface area contributed by atoms with Gasteiger partial charge in [0.2, 0.25) is 10.0 Å². The predicted molar refractivity (Wildman–Crippen MR) is 105 cm³/mol. The summed E-state index contributed by atoms with van der Waals surface area (Å²) in [5.74, 6) is -0.657. The number of phenolic OH excluding ortho intramolecular Hbond substituents is 1. The van der Waals surface area contributed by atoms with Crippen molar-refractivity contribution in [2.75, 3.05) is 11.9 Å². The highest BCUT2D eigenvalue weighted by Gasteiger charge is 2.31. The van der Waals surface area contributed by atoms with Crippen molar-refractivity contribution in [3.8, 4) is 5.75 Å². The molecule has 1 fully saturated rings. The van der Waals surface area contributed by atoms with E-state index in [1.807, 2.05) is 6.92 Å². The number of piperidine rings is 1. The molecule has 1 aliphatic rings. The van der Waals surface area contributed by atoms with Crippen molar-refractivity contribution in [2.45, 2.75) is 37.1 Å². The van der Waals surface area contributed by atoms with Crippen LogP contribution in [0, 0.1) is 0 Å². The van der Waals surface area contributed by atoms with E-state index >= 15 is 0 Å². The van der Waals surface area contributed by atoms with E-state index in [9.17, 15) is 18.3 Å². The Morgan fingerprint density at radius 3 is 2.74 bits per heavy atom. The third-order valence-electron chi connectivity index (χ3n) is 4.65. The second kappa shape index (κ2) is 7.88. The van der Waals surface area contributed by atoms with Crippen LogP contribution in [-0.2, 0) is 10.0 Å². The lowest BCUT2D eigenvalue weighted by atomic mass is 10.1. The molecule has 0 spiro atoms. The van der Waals surface area contributed by atoms with Crippen molar-refractivity contribution in [2.24, 2.45) is 0 Å². The number of nitrogens with zero attached hydrogens (tertiary/aromatic N) is 1. The van der Waals surface area contributed by atoms with E-state index < -0.39 is 15.9 Å². The normalized spacial score (nSPS) is 18.2. The molecule has 2 N–H and O–H groups in total. The number of hydrogen-bond donors (Lipinski definition) is 2. The Balaban J connectivity index is 1.86. The smallest absolute Gasteiger partial charge is 0.255 e. The molecule has 0 aromatic heterocycles. The highest BCUT2D eigenvalue weighted by Crippen LogP contribution is 2.28. The molecular weight excluding hydrogens is 388 g/mol. The van der Waals surface area contributed by atoms with Gasteiger partial charge in [0.1, 0.15) is 5.75 Å². The van der Waals surface area contributed by atoms with Crippen molar-refractivity contribution in [1.82, 2.24) is 4.31 Å². The van der Waals surface area contributed by atoms with Crippen molar-refractivity contribution < 1.29 is 18.3 Å². The zero-order chi connectivity index (χ0) is 19.6. The molecular formula is C19H21ClN2O4S. The topological polar surface area (TPSA) is 86.7 Å². The Bertz CT molecular complexity index is 962. The first-order chi connectivity index (χ1) is 12.8. The molecule has 1 aliphatic heterocycles. The van der Waals surface area contributed by atoms with Crippen molar-refractivity contribution >= 4 is 33.2 Å². The van der Waals surface area contributed by atoms with Crippen LogP contribution in [0.25, 0.3) is 0 Å². The van der Waals surface area contributed by atoms with Crippen molar-refractivity contribution in [3.05, 3.63) is 53.1 Å². The fourth-order valence-electron chi connectivity index (χ4n) is 3.16. The number of phenols is 1. The summed E-state index contributed by atoms with van der Waals surface area (Å²) in [5.41, 5.74) is 0.338. The first kappa shape index (κ1) is 19.7. The van der Waals surface area contributed by atoms with Crippen LogP contribution < -0.4 is 5.32 Å². The molecule has 8 heteroatoms. The van der Waals surface area contributed by atoms with Crippen molar-refractivity contribution in [1.29, 1.82) is 0 Å². The minimum Gasteiger partial charge on any atom is -0.506 e. The van der Waals surface area contributed by atoms with Gasteiger partial charge in [0.15, 0.2) is 0 Å². The van der Waals surface area contributed by atoms with Gasteiger partial charge in [-0.2, -0.15) is 4.31 Å². The second-order valence-corrected chi connectivity index (χ2v) is 8.93. The fraction of sp³-hybridized carbons (Fsp3) is 0.316. The quantitative estimate of drug-likeness (QED) is 0.752. The van der Waals surface area contributed by atoms with Crippen LogP contribution in [-0.4, -0.2) is 36.3 Å². The minimum atomic E-state index is -3.67. The van der Waals surface area contributed by atoms with E-state index in [0.29, 0.717) is 11.6 Å². The largest absolute Gasteiger partial charge is 0.506 e. The summed E-state index contributed by atoms with van der Waals surface area (Å²) in [6.45, 7) is 2.38. The van der Waals surface area contributed by atoms with Gasteiger partial charge >= 0.3 is 0 Å². The molecule has 3 rings (SSSR count).